The first-order valence-corrected chi connectivity index (χ1v) is 10.4. The first kappa shape index (κ1) is 16.8. The van der Waals surface area contributed by atoms with E-state index in [9.17, 15) is 4.79 Å². The fraction of sp³-hybridized carbons (Fsp3) is 0.200. The van der Waals surface area contributed by atoms with Gasteiger partial charge in [-0.15, -0.1) is 11.3 Å². The molecule has 0 spiro atoms. The third kappa shape index (κ3) is 3.44. The van der Waals surface area contributed by atoms with Crippen molar-refractivity contribution in [2.45, 2.75) is 25.4 Å². The molecular formula is C20H16BrN3O2S. The number of thiophene rings is 1. The average Bonchev–Trinajstić information content (AvgIpc) is 3.29. The predicted molar refractivity (Wildman–Crippen MR) is 110 cm³/mol. The lowest BCUT2D eigenvalue weighted by Gasteiger charge is -2.08. The van der Waals surface area contributed by atoms with Crippen LogP contribution >= 0.6 is 27.3 Å². The third-order valence-corrected chi connectivity index (χ3v) is 6.20. The number of hydrogen-bond acceptors (Lipinski definition) is 4. The third-order valence-electron chi connectivity index (χ3n) is 4.64. The zero-order valence-corrected chi connectivity index (χ0v) is 16.7. The van der Waals surface area contributed by atoms with E-state index in [0.29, 0.717) is 18.3 Å². The number of aromatic nitrogens is 3. The summed E-state index contributed by atoms with van der Waals surface area (Å²) in [6.45, 7) is 0.440. The Bertz CT molecular complexity index is 1190. The van der Waals surface area contributed by atoms with E-state index in [1.165, 1.54) is 18.9 Å². The van der Waals surface area contributed by atoms with Gasteiger partial charge in [-0.2, -0.15) is 0 Å². The highest BCUT2D eigenvalue weighted by molar-refractivity contribution is 9.11. The number of H-pyrrole nitrogens is 1. The molecule has 0 unspecified atom stereocenters. The molecule has 7 heteroatoms. The molecule has 27 heavy (non-hydrogen) atoms. The number of hydrogen-bond donors (Lipinski definition) is 1. The molecule has 0 aliphatic heterocycles. The molecule has 1 saturated carbocycles. The molecule has 3 aromatic heterocycles. The van der Waals surface area contributed by atoms with E-state index >= 15 is 0 Å². The van der Waals surface area contributed by atoms with Crippen molar-refractivity contribution >= 4 is 38.3 Å². The molecule has 136 valence electrons. The van der Waals surface area contributed by atoms with E-state index in [2.05, 4.69) is 25.9 Å². The number of rotatable bonds is 5. The zero-order valence-electron chi connectivity index (χ0n) is 14.3. The number of ether oxygens (including phenoxy) is 1. The van der Waals surface area contributed by atoms with Gasteiger partial charge in [-0.1, -0.05) is 0 Å². The quantitative estimate of drug-likeness (QED) is 0.474. The Balaban J connectivity index is 1.39. The predicted octanol–water partition coefficient (Wildman–Crippen LogP) is 4.99. The van der Waals surface area contributed by atoms with E-state index in [-0.39, 0.29) is 5.56 Å². The summed E-state index contributed by atoms with van der Waals surface area (Å²) in [4.78, 5) is 20.6. The second-order valence-electron chi connectivity index (χ2n) is 6.72. The highest BCUT2D eigenvalue weighted by Crippen LogP contribution is 2.39. The highest BCUT2D eigenvalue weighted by atomic mass is 79.9. The van der Waals surface area contributed by atoms with Crippen LogP contribution in [0.1, 0.15) is 30.1 Å². The van der Waals surface area contributed by atoms with Crippen molar-refractivity contribution in [2.24, 2.45) is 0 Å². The number of fused-ring (bicyclic) bond motifs is 1. The van der Waals surface area contributed by atoms with Crippen LogP contribution in [0.15, 0.2) is 56.6 Å². The molecule has 0 radical (unpaired) electrons. The van der Waals surface area contributed by atoms with Crippen molar-refractivity contribution in [2.75, 3.05) is 0 Å². The van der Waals surface area contributed by atoms with Crippen molar-refractivity contribution in [1.29, 1.82) is 0 Å². The number of pyridine rings is 1. The van der Waals surface area contributed by atoms with Gasteiger partial charge >= 0.3 is 0 Å². The van der Waals surface area contributed by atoms with Crippen molar-refractivity contribution in [3.8, 4) is 11.4 Å². The Labute approximate surface area is 167 Å². The van der Waals surface area contributed by atoms with Gasteiger partial charge in [-0.05, 0) is 64.5 Å². The van der Waals surface area contributed by atoms with Crippen LogP contribution in [0.25, 0.3) is 16.7 Å². The molecule has 0 saturated heterocycles. The molecule has 3 heterocycles. The maximum Gasteiger partial charge on any atom is 0.258 e. The minimum absolute atomic E-state index is 0.125. The maximum absolute atomic E-state index is 12.6. The van der Waals surface area contributed by atoms with Crippen LogP contribution in [0.3, 0.4) is 0 Å². The summed E-state index contributed by atoms with van der Waals surface area (Å²) < 4.78 is 8.42. The van der Waals surface area contributed by atoms with E-state index in [4.69, 9.17) is 4.74 Å². The van der Waals surface area contributed by atoms with Gasteiger partial charge in [0.15, 0.2) is 0 Å². The van der Waals surface area contributed by atoms with Gasteiger partial charge in [0.1, 0.15) is 18.2 Å². The molecule has 0 amide bonds. The fourth-order valence-electron chi connectivity index (χ4n) is 3.07. The van der Waals surface area contributed by atoms with E-state index < -0.39 is 0 Å². The van der Waals surface area contributed by atoms with Crippen LogP contribution in [-0.4, -0.2) is 14.5 Å². The van der Waals surface area contributed by atoms with Crippen LogP contribution in [0.5, 0.6) is 5.75 Å². The summed E-state index contributed by atoms with van der Waals surface area (Å²) in [6.07, 6.45) is 4.16. The minimum atomic E-state index is -0.125. The number of nitrogens with one attached hydrogen (secondary N) is 1. The largest absolute Gasteiger partial charge is 0.489 e. The second kappa shape index (κ2) is 6.65. The number of nitrogens with zero attached hydrogens (tertiary/aromatic N) is 2. The smallest absolute Gasteiger partial charge is 0.258 e. The summed E-state index contributed by atoms with van der Waals surface area (Å²) in [5.41, 5.74) is 3.67. The van der Waals surface area contributed by atoms with Crippen molar-refractivity contribution in [3.63, 3.8) is 0 Å². The first-order chi connectivity index (χ1) is 13.2. The molecule has 1 aliphatic rings. The Hall–Kier alpha value is -2.38. The van der Waals surface area contributed by atoms with Crippen molar-refractivity contribution in [3.05, 3.63) is 73.5 Å². The van der Waals surface area contributed by atoms with Gasteiger partial charge < -0.3 is 9.72 Å². The average molecular weight is 442 g/mol. The number of aromatic amines is 1. The number of imidazole rings is 1. The van der Waals surface area contributed by atoms with Crippen LogP contribution in [0.4, 0.5) is 0 Å². The van der Waals surface area contributed by atoms with E-state index in [1.807, 2.05) is 35.7 Å². The Morgan fingerprint density at radius 2 is 2.15 bits per heavy atom. The summed E-state index contributed by atoms with van der Waals surface area (Å²) >= 11 is 5.05. The Kier molecular flexibility index (Phi) is 4.13. The number of benzene rings is 1. The molecule has 4 aromatic rings. The molecule has 1 aliphatic carbocycles. The first-order valence-electron chi connectivity index (χ1n) is 8.74. The highest BCUT2D eigenvalue weighted by Gasteiger charge is 2.26. The van der Waals surface area contributed by atoms with Crippen LogP contribution in [-0.2, 0) is 6.61 Å². The SMILES string of the molecule is O=c1cc(OCc2csc(Br)c2)ccn1-c1ccc2nc(C3CC3)[nH]c2c1. The summed E-state index contributed by atoms with van der Waals surface area (Å²) in [5, 5.41) is 2.03. The molecule has 1 fully saturated rings. The molecule has 5 rings (SSSR count). The van der Waals surface area contributed by atoms with E-state index in [1.54, 1.807) is 22.1 Å². The number of halogens is 1. The molecular weight excluding hydrogens is 426 g/mol. The van der Waals surface area contributed by atoms with Gasteiger partial charge in [-0.25, -0.2) is 4.98 Å². The molecule has 1 aromatic carbocycles. The summed E-state index contributed by atoms with van der Waals surface area (Å²) in [7, 11) is 0. The lowest BCUT2D eigenvalue weighted by Crippen LogP contribution is -2.16. The molecule has 5 nitrogen and oxygen atoms in total. The molecule has 0 bridgehead atoms. The van der Waals surface area contributed by atoms with Crippen molar-refractivity contribution in [1.82, 2.24) is 14.5 Å². The van der Waals surface area contributed by atoms with Gasteiger partial charge in [0.05, 0.1) is 20.5 Å². The normalized spacial score (nSPS) is 14.0. The topological polar surface area (TPSA) is 59.9 Å². The summed E-state index contributed by atoms with van der Waals surface area (Å²) in [5.74, 6) is 2.19. The van der Waals surface area contributed by atoms with Gasteiger partial charge in [0.2, 0.25) is 0 Å². The fourth-order valence-corrected chi connectivity index (χ4v) is 4.26. The lowest BCUT2D eigenvalue weighted by atomic mass is 10.2. The van der Waals surface area contributed by atoms with Crippen LogP contribution < -0.4 is 10.3 Å². The van der Waals surface area contributed by atoms with Crippen LogP contribution in [0, 0.1) is 0 Å². The lowest BCUT2D eigenvalue weighted by molar-refractivity contribution is 0.305. The molecule has 1 N–H and O–H groups in total. The summed E-state index contributed by atoms with van der Waals surface area (Å²) in [6, 6.07) is 11.2. The zero-order chi connectivity index (χ0) is 18.4. The Morgan fingerprint density at radius 1 is 1.26 bits per heavy atom. The Morgan fingerprint density at radius 3 is 2.89 bits per heavy atom. The molecule has 0 atom stereocenters. The van der Waals surface area contributed by atoms with Gasteiger partial charge in [-0.3, -0.25) is 9.36 Å². The van der Waals surface area contributed by atoms with Gasteiger partial charge in [0, 0.05) is 23.7 Å². The van der Waals surface area contributed by atoms with Gasteiger partial charge in [0.25, 0.3) is 5.56 Å². The van der Waals surface area contributed by atoms with E-state index in [0.717, 1.165) is 31.9 Å². The second-order valence-corrected chi connectivity index (χ2v) is 9.01. The standard InChI is InChI=1S/C20H16BrN3O2S/c21-18-7-12(11-27-18)10-26-15-5-6-24(19(25)9-15)14-3-4-16-17(8-14)23-20(22-16)13-1-2-13/h3-9,11,13H,1-2,10H2,(H,22,23). The van der Waals surface area contributed by atoms with Crippen LogP contribution in [0.2, 0.25) is 0 Å². The minimum Gasteiger partial charge on any atom is -0.489 e. The maximum atomic E-state index is 12.6. The monoisotopic (exact) mass is 441 g/mol. The van der Waals surface area contributed by atoms with Crippen molar-refractivity contribution < 1.29 is 4.74 Å².